The lowest BCUT2D eigenvalue weighted by atomic mass is 10.1. The summed E-state index contributed by atoms with van der Waals surface area (Å²) >= 11 is 1.60. The zero-order valence-electron chi connectivity index (χ0n) is 13.9. The topological polar surface area (TPSA) is 69.7 Å². The van der Waals surface area contributed by atoms with Gasteiger partial charge in [0, 0.05) is 30.1 Å². The molecule has 0 radical (unpaired) electrons. The molecular formula is C18H21N3O3S. The first kappa shape index (κ1) is 17.5. The average Bonchev–Trinajstić information content (AvgIpc) is 3.32. The number of hydrogen-bond acceptors (Lipinski definition) is 4. The van der Waals surface area contributed by atoms with E-state index in [-0.39, 0.29) is 23.8 Å². The fourth-order valence-corrected chi connectivity index (χ4v) is 4.20. The Morgan fingerprint density at radius 2 is 1.84 bits per heavy atom. The van der Waals surface area contributed by atoms with E-state index in [4.69, 9.17) is 0 Å². The van der Waals surface area contributed by atoms with Gasteiger partial charge in [0.1, 0.15) is 6.04 Å². The lowest BCUT2D eigenvalue weighted by Gasteiger charge is -2.27. The van der Waals surface area contributed by atoms with Crippen LogP contribution in [0.1, 0.15) is 23.2 Å². The average molecular weight is 359 g/mol. The van der Waals surface area contributed by atoms with Crippen LogP contribution in [0.3, 0.4) is 0 Å². The summed E-state index contributed by atoms with van der Waals surface area (Å²) in [7, 11) is 0. The Balaban J connectivity index is 1.69. The van der Waals surface area contributed by atoms with Crippen molar-refractivity contribution in [1.82, 2.24) is 9.80 Å². The van der Waals surface area contributed by atoms with Gasteiger partial charge in [-0.15, -0.1) is 11.8 Å². The van der Waals surface area contributed by atoms with Crippen molar-refractivity contribution in [3.8, 4) is 0 Å². The lowest BCUT2D eigenvalue weighted by Crippen LogP contribution is -2.48. The van der Waals surface area contributed by atoms with E-state index in [1.165, 1.54) is 6.08 Å². The van der Waals surface area contributed by atoms with Crippen molar-refractivity contribution in [2.45, 2.75) is 18.9 Å². The molecule has 2 aliphatic rings. The zero-order valence-corrected chi connectivity index (χ0v) is 14.8. The first-order chi connectivity index (χ1) is 12.1. The van der Waals surface area contributed by atoms with E-state index < -0.39 is 0 Å². The van der Waals surface area contributed by atoms with Crippen LogP contribution >= 0.6 is 11.8 Å². The number of thioether (sulfide) groups is 1. The number of carbonyl (C=O) groups excluding carboxylic acids is 3. The molecule has 1 N–H and O–H groups in total. The standard InChI is InChI=1S/C18H21N3O3S/c1-2-16(22)19-14-7-5-13(6-8-14)17(23)21-12-25-11-15(21)18(24)20-9-3-4-10-20/h2,5-8,15H,1,3-4,9-12H2,(H,19,22). The van der Waals surface area contributed by atoms with Crippen LogP contribution in [-0.2, 0) is 9.59 Å². The smallest absolute Gasteiger partial charge is 0.255 e. The van der Waals surface area contributed by atoms with Gasteiger partial charge in [-0.05, 0) is 43.2 Å². The van der Waals surface area contributed by atoms with Crippen molar-refractivity contribution in [1.29, 1.82) is 0 Å². The molecule has 0 saturated carbocycles. The van der Waals surface area contributed by atoms with Crippen LogP contribution in [0.2, 0.25) is 0 Å². The fraction of sp³-hybridized carbons (Fsp3) is 0.389. The van der Waals surface area contributed by atoms with Gasteiger partial charge in [-0.1, -0.05) is 6.58 Å². The monoisotopic (exact) mass is 359 g/mol. The normalized spacial score (nSPS) is 19.8. The van der Waals surface area contributed by atoms with E-state index in [1.54, 1.807) is 40.9 Å². The van der Waals surface area contributed by atoms with Gasteiger partial charge in [-0.2, -0.15) is 0 Å². The number of rotatable bonds is 4. The zero-order chi connectivity index (χ0) is 17.8. The molecule has 2 saturated heterocycles. The van der Waals surface area contributed by atoms with Crippen LogP contribution in [0.15, 0.2) is 36.9 Å². The number of benzene rings is 1. The summed E-state index contributed by atoms with van der Waals surface area (Å²) in [5.74, 6) is 0.785. The van der Waals surface area contributed by atoms with Gasteiger partial charge in [0.2, 0.25) is 11.8 Å². The second kappa shape index (κ2) is 7.74. The summed E-state index contributed by atoms with van der Waals surface area (Å²) in [5, 5.41) is 2.64. The Labute approximate surface area is 151 Å². The summed E-state index contributed by atoms with van der Waals surface area (Å²) in [5.41, 5.74) is 1.11. The molecule has 3 amide bonds. The number of nitrogens with one attached hydrogen (secondary N) is 1. The van der Waals surface area contributed by atoms with Gasteiger partial charge in [-0.25, -0.2) is 0 Å². The molecule has 25 heavy (non-hydrogen) atoms. The van der Waals surface area contributed by atoms with Gasteiger partial charge >= 0.3 is 0 Å². The van der Waals surface area contributed by atoms with E-state index in [0.29, 0.717) is 22.9 Å². The van der Waals surface area contributed by atoms with Gasteiger partial charge in [0.15, 0.2) is 0 Å². The van der Waals surface area contributed by atoms with Crippen molar-refractivity contribution >= 4 is 35.2 Å². The summed E-state index contributed by atoms with van der Waals surface area (Å²) in [4.78, 5) is 40.3. The third-order valence-corrected chi connectivity index (χ3v) is 5.44. The number of carbonyl (C=O) groups is 3. The number of anilines is 1. The van der Waals surface area contributed by atoms with Crippen LogP contribution in [0, 0.1) is 0 Å². The van der Waals surface area contributed by atoms with Crippen molar-refractivity contribution < 1.29 is 14.4 Å². The quantitative estimate of drug-likeness (QED) is 0.834. The fourth-order valence-electron chi connectivity index (χ4n) is 3.05. The summed E-state index contributed by atoms with van der Waals surface area (Å²) in [6.07, 6.45) is 3.27. The van der Waals surface area contributed by atoms with Crippen LogP contribution in [0.5, 0.6) is 0 Å². The van der Waals surface area contributed by atoms with Crippen molar-refractivity contribution in [2.24, 2.45) is 0 Å². The van der Waals surface area contributed by atoms with Crippen molar-refractivity contribution in [3.63, 3.8) is 0 Å². The second-order valence-corrected chi connectivity index (χ2v) is 7.09. The van der Waals surface area contributed by atoms with Crippen LogP contribution < -0.4 is 5.32 Å². The maximum absolute atomic E-state index is 12.8. The highest BCUT2D eigenvalue weighted by Gasteiger charge is 2.37. The minimum atomic E-state index is -0.379. The molecule has 6 nitrogen and oxygen atoms in total. The van der Waals surface area contributed by atoms with Crippen LogP contribution in [0.25, 0.3) is 0 Å². The molecule has 7 heteroatoms. The van der Waals surface area contributed by atoms with Gasteiger partial charge in [0.25, 0.3) is 5.91 Å². The Morgan fingerprint density at radius 3 is 2.48 bits per heavy atom. The molecule has 1 aromatic carbocycles. The highest BCUT2D eigenvalue weighted by molar-refractivity contribution is 7.99. The van der Waals surface area contributed by atoms with E-state index in [1.807, 2.05) is 4.90 Å². The molecule has 2 fully saturated rings. The molecule has 2 heterocycles. The molecule has 1 atom stereocenters. The van der Waals surface area contributed by atoms with Crippen molar-refractivity contribution in [3.05, 3.63) is 42.5 Å². The van der Waals surface area contributed by atoms with Gasteiger partial charge in [-0.3, -0.25) is 14.4 Å². The minimum Gasteiger partial charge on any atom is -0.341 e. The Kier molecular flexibility index (Phi) is 5.43. The SMILES string of the molecule is C=CC(=O)Nc1ccc(C(=O)N2CSCC2C(=O)N2CCCC2)cc1. The summed E-state index contributed by atoms with van der Waals surface area (Å²) in [6.45, 7) is 4.98. The first-order valence-corrected chi connectivity index (χ1v) is 9.46. The Hall–Kier alpha value is -2.28. The second-order valence-electron chi connectivity index (χ2n) is 6.09. The van der Waals surface area contributed by atoms with Crippen molar-refractivity contribution in [2.75, 3.05) is 30.0 Å². The third kappa shape index (κ3) is 3.87. The molecule has 0 aromatic heterocycles. The molecule has 0 bridgehead atoms. The van der Waals surface area contributed by atoms with E-state index in [0.717, 1.165) is 25.9 Å². The molecule has 1 aromatic rings. The molecule has 3 rings (SSSR count). The van der Waals surface area contributed by atoms with Gasteiger partial charge in [0.05, 0.1) is 5.88 Å². The number of amides is 3. The van der Waals surface area contributed by atoms with E-state index in [9.17, 15) is 14.4 Å². The van der Waals surface area contributed by atoms with Crippen LogP contribution in [0.4, 0.5) is 5.69 Å². The lowest BCUT2D eigenvalue weighted by molar-refractivity contribution is -0.133. The third-order valence-electron chi connectivity index (χ3n) is 4.43. The van der Waals surface area contributed by atoms with Gasteiger partial charge < -0.3 is 15.1 Å². The molecule has 132 valence electrons. The number of hydrogen-bond donors (Lipinski definition) is 1. The molecular weight excluding hydrogens is 338 g/mol. The van der Waals surface area contributed by atoms with E-state index >= 15 is 0 Å². The maximum Gasteiger partial charge on any atom is 0.255 e. The molecule has 0 spiro atoms. The van der Waals surface area contributed by atoms with E-state index in [2.05, 4.69) is 11.9 Å². The molecule has 1 unspecified atom stereocenters. The predicted octanol–water partition coefficient (Wildman–Crippen LogP) is 1.95. The highest BCUT2D eigenvalue weighted by Crippen LogP contribution is 2.26. The van der Waals surface area contributed by atoms with Crippen LogP contribution in [-0.4, -0.2) is 58.3 Å². The summed E-state index contributed by atoms with van der Waals surface area (Å²) < 4.78 is 0. The Morgan fingerprint density at radius 1 is 1.16 bits per heavy atom. The highest BCUT2D eigenvalue weighted by atomic mass is 32.2. The predicted molar refractivity (Wildman–Crippen MR) is 98.4 cm³/mol. The number of likely N-dealkylation sites (tertiary alicyclic amines) is 1. The molecule has 2 aliphatic heterocycles. The maximum atomic E-state index is 12.8. The minimum absolute atomic E-state index is 0.0608. The Bertz CT molecular complexity index is 683. The number of nitrogens with zero attached hydrogens (tertiary/aromatic N) is 2. The largest absolute Gasteiger partial charge is 0.341 e. The summed E-state index contributed by atoms with van der Waals surface area (Å²) in [6, 6.07) is 6.31. The molecule has 0 aliphatic carbocycles. The first-order valence-electron chi connectivity index (χ1n) is 8.31.